The maximum Gasteiger partial charge on any atom is 0.164 e. The summed E-state index contributed by atoms with van der Waals surface area (Å²) < 4.78 is 22.6. The summed E-state index contributed by atoms with van der Waals surface area (Å²) in [7, 11) is 0. The van der Waals surface area contributed by atoms with Crippen molar-refractivity contribution in [3.63, 3.8) is 0 Å². The van der Waals surface area contributed by atoms with E-state index < -0.39 is 29.9 Å². The molecule has 0 saturated carbocycles. The molecule has 6 heteroatoms. The van der Waals surface area contributed by atoms with Crippen LogP contribution in [0, 0.1) is 0 Å². The van der Waals surface area contributed by atoms with E-state index in [0.29, 0.717) is 6.61 Å². The van der Waals surface area contributed by atoms with E-state index in [1.54, 1.807) is 13.8 Å². The van der Waals surface area contributed by atoms with E-state index in [1.165, 1.54) is 0 Å². The van der Waals surface area contributed by atoms with Crippen molar-refractivity contribution >= 4 is 0 Å². The third-order valence-corrected chi connectivity index (χ3v) is 3.13. The second-order valence-electron chi connectivity index (χ2n) is 5.68. The molecular weight excluding hydrogens is 240 g/mol. The van der Waals surface area contributed by atoms with Gasteiger partial charge in [0.1, 0.15) is 24.4 Å². The van der Waals surface area contributed by atoms with Crippen LogP contribution in [0.2, 0.25) is 0 Å². The summed E-state index contributed by atoms with van der Waals surface area (Å²) in [5.41, 5.74) is 0. The summed E-state index contributed by atoms with van der Waals surface area (Å²) in [6.45, 7) is 7.19. The molecule has 0 amide bonds. The van der Waals surface area contributed by atoms with Crippen LogP contribution in [0.5, 0.6) is 0 Å². The Bertz CT molecular complexity index is 303. The van der Waals surface area contributed by atoms with Gasteiger partial charge in [0.15, 0.2) is 11.6 Å². The van der Waals surface area contributed by atoms with Gasteiger partial charge in [-0.15, -0.1) is 0 Å². The molecule has 2 rings (SSSR count). The van der Waals surface area contributed by atoms with Crippen LogP contribution in [0.4, 0.5) is 0 Å². The molecule has 0 aromatic carbocycles. The van der Waals surface area contributed by atoms with Gasteiger partial charge in [-0.25, -0.2) is 0 Å². The fourth-order valence-electron chi connectivity index (χ4n) is 2.38. The van der Waals surface area contributed by atoms with Crippen LogP contribution in [0.1, 0.15) is 27.7 Å². The molecule has 0 aromatic heterocycles. The molecule has 2 saturated heterocycles. The molecule has 2 aliphatic heterocycles. The number of hydrogen-bond donors (Lipinski definition) is 2. The minimum Gasteiger partial charge on any atom is -0.394 e. The molecule has 0 aromatic rings. The number of aliphatic hydroxyl groups excluding tert-OH is 2. The van der Waals surface area contributed by atoms with E-state index in [1.807, 2.05) is 13.8 Å². The second-order valence-corrected chi connectivity index (χ2v) is 5.68. The molecule has 106 valence electrons. The van der Waals surface area contributed by atoms with Crippen molar-refractivity contribution in [1.29, 1.82) is 0 Å². The zero-order chi connectivity index (χ0) is 13.6. The predicted molar refractivity (Wildman–Crippen MR) is 61.8 cm³/mol. The summed E-state index contributed by atoms with van der Waals surface area (Å²) >= 11 is 0. The number of rotatable bonds is 3. The maximum absolute atomic E-state index is 9.80. The van der Waals surface area contributed by atoms with Crippen molar-refractivity contribution in [3.8, 4) is 0 Å². The lowest BCUT2D eigenvalue weighted by Gasteiger charge is -2.25. The highest BCUT2D eigenvalue weighted by Gasteiger charge is 2.51. The Morgan fingerprint density at radius 2 is 1.78 bits per heavy atom. The van der Waals surface area contributed by atoms with Crippen LogP contribution in [-0.4, -0.2) is 59.4 Å². The molecule has 2 aliphatic rings. The first kappa shape index (κ1) is 14.2. The SMILES string of the molecule is CC1(C)O[C@@H]([C@H](O)CO)[C@@H]([C@@H]2COC(C)(C)O2)O1. The summed E-state index contributed by atoms with van der Waals surface area (Å²) in [6, 6.07) is 0. The lowest BCUT2D eigenvalue weighted by molar-refractivity contribution is -0.175. The average Bonchev–Trinajstić information content (AvgIpc) is 2.77. The smallest absolute Gasteiger partial charge is 0.164 e. The van der Waals surface area contributed by atoms with Crippen molar-refractivity contribution in [2.75, 3.05) is 13.2 Å². The quantitative estimate of drug-likeness (QED) is 0.746. The zero-order valence-corrected chi connectivity index (χ0v) is 11.3. The molecule has 0 aliphatic carbocycles. The van der Waals surface area contributed by atoms with E-state index in [-0.39, 0.29) is 12.7 Å². The molecular formula is C12H22O6. The van der Waals surface area contributed by atoms with Crippen molar-refractivity contribution in [2.45, 2.75) is 63.7 Å². The minimum absolute atomic E-state index is 0.312. The summed E-state index contributed by atoms with van der Waals surface area (Å²) in [5.74, 6) is -1.46. The Hall–Kier alpha value is -0.240. The topological polar surface area (TPSA) is 77.4 Å². The first-order valence-electron chi connectivity index (χ1n) is 6.20. The van der Waals surface area contributed by atoms with Crippen LogP contribution in [-0.2, 0) is 18.9 Å². The van der Waals surface area contributed by atoms with Gasteiger partial charge in [0.25, 0.3) is 0 Å². The first-order chi connectivity index (χ1) is 8.24. The molecule has 2 N–H and O–H groups in total. The normalized spacial score (nSPS) is 40.0. The number of hydrogen-bond acceptors (Lipinski definition) is 6. The molecule has 2 fully saturated rings. The number of aliphatic hydroxyl groups is 2. The van der Waals surface area contributed by atoms with Gasteiger partial charge in [-0.2, -0.15) is 0 Å². The van der Waals surface area contributed by atoms with Crippen LogP contribution in [0.15, 0.2) is 0 Å². The van der Waals surface area contributed by atoms with Gasteiger partial charge < -0.3 is 29.2 Å². The first-order valence-corrected chi connectivity index (χ1v) is 6.20. The molecule has 0 unspecified atom stereocenters. The summed E-state index contributed by atoms with van der Waals surface area (Å²) in [6.07, 6.45) is -2.38. The van der Waals surface area contributed by atoms with Gasteiger partial charge >= 0.3 is 0 Å². The van der Waals surface area contributed by atoms with Gasteiger partial charge in [-0.1, -0.05) is 0 Å². The van der Waals surface area contributed by atoms with Crippen molar-refractivity contribution < 1.29 is 29.2 Å². The monoisotopic (exact) mass is 262 g/mol. The Kier molecular flexibility index (Phi) is 3.70. The van der Waals surface area contributed by atoms with E-state index in [0.717, 1.165) is 0 Å². The third-order valence-electron chi connectivity index (χ3n) is 3.13. The number of ether oxygens (including phenoxy) is 4. The molecule has 18 heavy (non-hydrogen) atoms. The largest absolute Gasteiger partial charge is 0.394 e. The third kappa shape index (κ3) is 2.84. The van der Waals surface area contributed by atoms with Crippen LogP contribution in [0.3, 0.4) is 0 Å². The van der Waals surface area contributed by atoms with Gasteiger partial charge in [0, 0.05) is 0 Å². The highest BCUT2D eigenvalue weighted by atomic mass is 16.8. The minimum atomic E-state index is -0.996. The fraction of sp³-hybridized carbons (Fsp3) is 1.00. The standard InChI is InChI=1S/C12H22O6/c1-11(2)15-6-8(16-11)10-9(7(14)5-13)17-12(3,4)18-10/h7-10,13-14H,5-6H2,1-4H3/t7-,8+,9+,10-/m1/s1. The highest BCUT2D eigenvalue weighted by molar-refractivity contribution is 4.93. The summed E-state index contributed by atoms with van der Waals surface area (Å²) in [5, 5.41) is 18.9. The zero-order valence-electron chi connectivity index (χ0n) is 11.3. The van der Waals surface area contributed by atoms with Gasteiger partial charge in [0.05, 0.1) is 13.2 Å². The van der Waals surface area contributed by atoms with Crippen molar-refractivity contribution in [2.24, 2.45) is 0 Å². The van der Waals surface area contributed by atoms with Crippen LogP contribution in [0.25, 0.3) is 0 Å². The fourth-order valence-corrected chi connectivity index (χ4v) is 2.38. The molecule has 0 radical (unpaired) electrons. The summed E-state index contributed by atoms with van der Waals surface area (Å²) in [4.78, 5) is 0. The van der Waals surface area contributed by atoms with Crippen LogP contribution < -0.4 is 0 Å². The molecule has 2 heterocycles. The second kappa shape index (κ2) is 4.70. The van der Waals surface area contributed by atoms with Gasteiger partial charge in [-0.05, 0) is 27.7 Å². The van der Waals surface area contributed by atoms with E-state index >= 15 is 0 Å². The van der Waals surface area contributed by atoms with Crippen LogP contribution >= 0.6 is 0 Å². The lowest BCUT2D eigenvalue weighted by Crippen LogP contribution is -2.45. The van der Waals surface area contributed by atoms with Crippen molar-refractivity contribution in [1.82, 2.24) is 0 Å². The maximum atomic E-state index is 9.80. The van der Waals surface area contributed by atoms with E-state index in [9.17, 15) is 5.11 Å². The molecule has 0 bridgehead atoms. The molecule has 6 nitrogen and oxygen atoms in total. The van der Waals surface area contributed by atoms with Gasteiger partial charge in [0.2, 0.25) is 0 Å². The Labute approximate surface area is 107 Å². The predicted octanol–water partition coefficient (Wildman–Crippen LogP) is 0.0112. The average molecular weight is 262 g/mol. The van der Waals surface area contributed by atoms with Gasteiger partial charge in [-0.3, -0.25) is 0 Å². The Morgan fingerprint density at radius 1 is 1.11 bits per heavy atom. The van der Waals surface area contributed by atoms with E-state index in [2.05, 4.69) is 0 Å². The highest BCUT2D eigenvalue weighted by Crippen LogP contribution is 2.36. The Morgan fingerprint density at radius 3 is 2.28 bits per heavy atom. The molecule has 0 spiro atoms. The lowest BCUT2D eigenvalue weighted by atomic mass is 10.0. The van der Waals surface area contributed by atoms with E-state index in [4.69, 9.17) is 24.1 Å². The molecule has 4 atom stereocenters. The van der Waals surface area contributed by atoms with Crippen molar-refractivity contribution in [3.05, 3.63) is 0 Å². The Balaban J connectivity index is 2.10.